The first kappa shape index (κ1) is 11.8. The Balaban J connectivity index is 1.73. The summed E-state index contributed by atoms with van der Waals surface area (Å²) in [6, 6.07) is 1.57. The molecule has 1 atom stereocenters. The molecule has 0 saturated carbocycles. The summed E-state index contributed by atoms with van der Waals surface area (Å²) in [7, 11) is 0. The number of nitrogens with one attached hydrogen (secondary N) is 2. The Bertz CT molecular complexity index is 561. The molecule has 0 unspecified atom stereocenters. The third kappa shape index (κ3) is 2.31. The van der Waals surface area contributed by atoms with Crippen LogP contribution in [0.3, 0.4) is 0 Å². The van der Waals surface area contributed by atoms with Crippen LogP contribution in [0.4, 0.5) is 5.82 Å². The average molecular weight is 260 g/mol. The highest BCUT2D eigenvalue weighted by Gasteiger charge is 2.27. The zero-order chi connectivity index (χ0) is 13.2. The number of likely N-dealkylation sites (tertiary alicyclic amines) is 1. The van der Waals surface area contributed by atoms with E-state index in [1.54, 1.807) is 12.3 Å². The number of nitrogens with two attached hydrogens (primary N) is 1. The molecular weight excluding hydrogens is 244 g/mol. The Kier molecular flexibility index (Phi) is 2.94. The van der Waals surface area contributed by atoms with Crippen molar-refractivity contribution in [1.82, 2.24) is 25.1 Å². The van der Waals surface area contributed by atoms with Crippen LogP contribution in [0.5, 0.6) is 0 Å². The Morgan fingerprint density at radius 3 is 3.11 bits per heavy atom. The number of piperidine rings is 1. The number of aromatic amines is 2. The van der Waals surface area contributed by atoms with Gasteiger partial charge in [-0.2, -0.15) is 5.10 Å². The first-order valence-electron chi connectivity index (χ1n) is 6.33. The molecule has 3 heterocycles. The van der Waals surface area contributed by atoms with Crippen LogP contribution >= 0.6 is 0 Å². The van der Waals surface area contributed by atoms with Crippen molar-refractivity contribution in [3.63, 3.8) is 0 Å². The van der Waals surface area contributed by atoms with Crippen molar-refractivity contribution in [3.05, 3.63) is 30.0 Å². The molecule has 1 fully saturated rings. The van der Waals surface area contributed by atoms with E-state index >= 15 is 0 Å². The highest BCUT2D eigenvalue weighted by molar-refractivity contribution is 5.93. The number of imidazole rings is 1. The van der Waals surface area contributed by atoms with E-state index in [0.717, 1.165) is 25.2 Å². The van der Waals surface area contributed by atoms with Crippen molar-refractivity contribution in [3.8, 4) is 0 Å². The molecule has 2 aromatic heterocycles. The number of hydrogen-bond acceptors (Lipinski definition) is 4. The van der Waals surface area contributed by atoms with E-state index in [-0.39, 0.29) is 11.8 Å². The molecule has 7 nitrogen and oxygen atoms in total. The van der Waals surface area contributed by atoms with E-state index in [1.807, 2.05) is 11.1 Å². The molecule has 1 aliphatic heterocycles. The number of rotatable bonds is 2. The molecule has 0 radical (unpaired) electrons. The second-order valence-electron chi connectivity index (χ2n) is 4.77. The number of carbonyl (C=O) groups excluding carboxylic acids is 1. The molecule has 0 spiro atoms. The van der Waals surface area contributed by atoms with Crippen molar-refractivity contribution in [2.75, 3.05) is 18.8 Å². The molecular formula is C12H16N6O. The van der Waals surface area contributed by atoms with Gasteiger partial charge in [0.25, 0.3) is 5.91 Å². The topological polar surface area (TPSA) is 104 Å². The smallest absolute Gasteiger partial charge is 0.271 e. The van der Waals surface area contributed by atoms with E-state index in [4.69, 9.17) is 5.73 Å². The number of carbonyl (C=O) groups is 1. The lowest BCUT2D eigenvalue weighted by Crippen LogP contribution is -2.39. The number of hydrogen-bond donors (Lipinski definition) is 3. The Morgan fingerprint density at radius 1 is 1.53 bits per heavy atom. The van der Waals surface area contributed by atoms with Gasteiger partial charge >= 0.3 is 0 Å². The lowest BCUT2D eigenvalue weighted by atomic mass is 9.97. The van der Waals surface area contributed by atoms with Crippen molar-refractivity contribution in [1.29, 1.82) is 0 Å². The lowest BCUT2D eigenvalue weighted by Gasteiger charge is -2.31. The molecule has 4 N–H and O–H groups in total. The van der Waals surface area contributed by atoms with Gasteiger partial charge in [0.1, 0.15) is 17.3 Å². The predicted molar refractivity (Wildman–Crippen MR) is 69.5 cm³/mol. The minimum Gasteiger partial charge on any atom is -0.382 e. The Labute approximate surface area is 110 Å². The van der Waals surface area contributed by atoms with Gasteiger partial charge in [-0.25, -0.2) is 4.98 Å². The highest BCUT2D eigenvalue weighted by Crippen LogP contribution is 2.25. The van der Waals surface area contributed by atoms with E-state index in [1.165, 1.54) is 0 Å². The van der Waals surface area contributed by atoms with Crippen molar-refractivity contribution in [2.45, 2.75) is 18.8 Å². The summed E-state index contributed by atoms with van der Waals surface area (Å²) in [5, 5.41) is 6.45. The average Bonchev–Trinajstić information content (AvgIpc) is 3.09. The third-order valence-electron chi connectivity index (χ3n) is 3.44. The zero-order valence-corrected chi connectivity index (χ0v) is 10.5. The number of amides is 1. The quantitative estimate of drug-likeness (QED) is 0.740. The van der Waals surface area contributed by atoms with Crippen LogP contribution in [0.15, 0.2) is 18.5 Å². The lowest BCUT2D eigenvalue weighted by molar-refractivity contribution is 0.0699. The van der Waals surface area contributed by atoms with Gasteiger partial charge in [0.15, 0.2) is 0 Å². The fourth-order valence-corrected chi connectivity index (χ4v) is 2.50. The van der Waals surface area contributed by atoms with Crippen LogP contribution in [-0.4, -0.2) is 44.1 Å². The summed E-state index contributed by atoms with van der Waals surface area (Å²) in [5.41, 5.74) is 5.96. The van der Waals surface area contributed by atoms with Gasteiger partial charge in [-0.05, 0) is 12.8 Å². The molecule has 7 heteroatoms. The van der Waals surface area contributed by atoms with Gasteiger partial charge in [-0.1, -0.05) is 0 Å². The second kappa shape index (κ2) is 4.75. The number of aromatic nitrogens is 4. The molecule has 100 valence electrons. The molecule has 1 aliphatic rings. The van der Waals surface area contributed by atoms with E-state index in [9.17, 15) is 4.79 Å². The maximum Gasteiger partial charge on any atom is 0.271 e. The summed E-state index contributed by atoms with van der Waals surface area (Å²) in [4.78, 5) is 21.5. The first-order chi connectivity index (χ1) is 9.24. The van der Waals surface area contributed by atoms with Crippen LogP contribution in [-0.2, 0) is 0 Å². The third-order valence-corrected chi connectivity index (χ3v) is 3.44. The highest BCUT2D eigenvalue weighted by atomic mass is 16.2. The van der Waals surface area contributed by atoms with Crippen LogP contribution in [0.2, 0.25) is 0 Å². The molecule has 0 aromatic carbocycles. The number of H-pyrrole nitrogens is 2. The van der Waals surface area contributed by atoms with Gasteiger partial charge in [0, 0.05) is 37.5 Å². The summed E-state index contributed by atoms with van der Waals surface area (Å²) in [5.74, 6) is 1.50. The second-order valence-corrected chi connectivity index (χ2v) is 4.77. The van der Waals surface area contributed by atoms with Gasteiger partial charge in [-0.3, -0.25) is 9.89 Å². The van der Waals surface area contributed by atoms with Crippen LogP contribution in [0, 0.1) is 0 Å². The van der Waals surface area contributed by atoms with Crippen LogP contribution in [0.25, 0.3) is 0 Å². The van der Waals surface area contributed by atoms with E-state index in [2.05, 4.69) is 20.2 Å². The van der Waals surface area contributed by atoms with Gasteiger partial charge in [0.2, 0.25) is 0 Å². The van der Waals surface area contributed by atoms with E-state index in [0.29, 0.717) is 18.1 Å². The fourth-order valence-electron chi connectivity index (χ4n) is 2.50. The zero-order valence-electron chi connectivity index (χ0n) is 10.5. The van der Waals surface area contributed by atoms with Gasteiger partial charge < -0.3 is 15.6 Å². The monoisotopic (exact) mass is 260 g/mol. The SMILES string of the molecule is Nc1cc(C(=O)N2CCC[C@@H](c3ncc[nH]3)C2)[nH]n1. The number of anilines is 1. The molecule has 3 rings (SSSR count). The van der Waals surface area contributed by atoms with Crippen LogP contribution < -0.4 is 5.73 Å². The fraction of sp³-hybridized carbons (Fsp3) is 0.417. The molecule has 1 saturated heterocycles. The largest absolute Gasteiger partial charge is 0.382 e. The molecule has 19 heavy (non-hydrogen) atoms. The number of nitrogens with zero attached hydrogens (tertiary/aromatic N) is 3. The summed E-state index contributed by atoms with van der Waals surface area (Å²) in [6.45, 7) is 1.43. The number of nitrogen functional groups attached to an aromatic ring is 1. The van der Waals surface area contributed by atoms with Crippen LogP contribution in [0.1, 0.15) is 35.1 Å². The minimum absolute atomic E-state index is 0.0551. The summed E-state index contributed by atoms with van der Waals surface area (Å²) >= 11 is 0. The minimum atomic E-state index is -0.0551. The maximum absolute atomic E-state index is 12.3. The normalized spacial score (nSPS) is 19.6. The Hall–Kier alpha value is -2.31. The maximum atomic E-state index is 12.3. The Morgan fingerprint density at radius 2 is 2.42 bits per heavy atom. The van der Waals surface area contributed by atoms with Crippen molar-refractivity contribution >= 4 is 11.7 Å². The molecule has 0 bridgehead atoms. The van der Waals surface area contributed by atoms with Gasteiger partial charge in [-0.15, -0.1) is 0 Å². The summed E-state index contributed by atoms with van der Waals surface area (Å²) in [6.07, 6.45) is 5.57. The molecule has 0 aliphatic carbocycles. The molecule has 1 amide bonds. The van der Waals surface area contributed by atoms with Crippen molar-refractivity contribution in [2.24, 2.45) is 0 Å². The first-order valence-corrected chi connectivity index (χ1v) is 6.33. The van der Waals surface area contributed by atoms with Crippen molar-refractivity contribution < 1.29 is 4.79 Å². The standard InChI is InChI=1S/C12H16N6O/c13-10-6-9(16-17-10)12(19)18-5-1-2-8(7-18)11-14-3-4-15-11/h3-4,6,8H,1-2,5,7H2,(H,14,15)(H3,13,16,17)/t8-/m1/s1. The van der Waals surface area contributed by atoms with Gasteiger partial charge in [0.05, 0.1) is 0 Å². The predicted octanol–water partition coefficient (Wildman–Crippen LogP) is 0.735. The van der Waals surface area contributed by atoms with E-state index < -0.39 is 0 Å². The molecule has 2 aromatic rings. The summed E-state index contributed by atoms with van der Waals surface area (Å²) < 4.78 is 0.